The Kier molecular flexibility index (Phi) is 5.47. The highest BCUT2D eigenvalue weighted by molar-refractivity contribution is 6.06. The number of hydrogen-bond donors (Lipinski definition) is 2. The van der Waals surface area contributed by atoms with E-state index >= 15 is 0 Å². The van der Waals surface area contributed by atoms with E-state index in [1.165, 1.54) is 6.07 Å². The zero-order valence-electron chi connectivity index (χ0n) is 13.3. The van der Waals surface area contributed by atoms with Crippen molar-refractivity contribution in [1.82, 2.24) is 5.32 Å². The fourth-order valence-electron chi connectivity index (χ4n) is 2.18. The minimum Gasteiger partial charge on any atom is -0.394 e. The fourth-order valence-corrected chi connectivity index (χ4v) is 2.18. The average molecular weight is 321 g/mol. The number of alkyl halides is 1. The molecular formula is C17H21F2N3O. The lowest BCUT2D eigenvalue weighted by Crippen LogP contribution is -2.49. The molecule has 0 saturated heterocycles. The molecule has 0 spiro atoms. The molecule has 1 aliphatic rings. The summed E-state index contributed by atoms with van der Waals surface area (Å²) in [5.41, 5.74) is 7.36. The van der Waals surface area contributed by atoms with Crippen LogP contribution in [0.25, 0.3) is 0 Å². The normalized spacial score (nSPS) is 22.2. The molecule has 0 radical (unpaired) electrons. The van der Waals surface area contributed by atoms with Gasteiger partial charge in [-0.1, -0.05) is 18.2 Å². The first-order chi connectivity index (χ1) is 10.9. The van der Waals surface area contributed by atoms with Gasteiger partial charge in [-0.15, -0.1) is 0 Å². The molecule has 1 aliphatic carbocycles. The lowest BCUT2D eigenvalue weighted by atomic mass is 9.90. The first-order valence-corrected chi connectivity index (χ1v) is 7.56. The summed E-state index contributed by atoms with van der Waals surface area (Å²) in [6, 6.07) is 5.92. The Hall–Kier alpha value is -2.24. The molecule has 1 aromatic carbocycles. The number of rotatable bonds is 5. The first-order valence-electron chi connectivity index (χ1n) is 7.56. The second-order valence-corrected chi connectivity index (χ2v) is 5.71. The largest absolute Gasteiger partial charge is 0.394 e. The van der Waals surface area contributed by atoms with Crippen molar-refractivity contribution in [2.45, 2.75) is 45.4 Å². The number of halogens is 2. The third-order valence-electron chi connectivity index (χ3n) is 4.14. The van der Waals surface area contributed by atoms with Gasteiger partial charge in [0.1, 0.15) is 17.7 Å². The third kappa shape index (κ3) is 4.15. The van der Waals surface area contributed by atoms with Crippen LogP contribution in [0.3, 0.4) is 0 Å². The highest BCUT2D eigenvalue weighted by Crippen LogP contribution is 2.23. The van der Waals surface area contributed by atoms with Crippen LogP contribution in [-0.2, 0) is 11.3 Å². The van der Waals surface area contributed by atoms with Gasteiger partial charge in [0, 0.05) is 11.3 Å². The van der Waals surface area contributed by atoms with Crippen molar-refractivity contribution >= 4 is 11.6 Å². The van der Waals surface area contributed by atoms with Gasteiger partial charge >= 0.3 is 0 Å². The van der Waals surface area contributed by atoms with Crippen molar-refractivity contribution in [3.63, 3.8) is 0 Å². The first kappa shape index (κ1) is 17.1. The molecule has 2 atom stereocenters. The van der Waals surface area contributed by atoms with E-state index in [1.807, 2.05) is 0 Å². The SMILES string of the molecule is CC(=NCc1ccccc1F)C(C)=C(N)C(=O)N[C@H]1CC[C@@H]1F. The molecule has 124 valence electrons. The number of carbonyl (C=O) groups excluding carboxylic acids is 1. The number of carbonyl (C=O) groups is 1. The maximum absolute atomic E-state index is 13.5. The Labute approximate surface area is 134 Å². The molecule has 0 heterocycles. The fraction of sp³-hybridized carbons (Fsp3) is 0.412. The van der Waals surface area contributed by atoms with E-state index in [2.05, 4.69) is 10.3 Å². The molecule has 2 rings (SSSR count). The number of allylic oxidation sites excluding steroid dienone is 1. The van der Waals surface area contributed by atoms with Crippen LogP contribution in [0.1, 0.15) is 32.3 Å². The minimum atomic E-state index is -0.997. The predicted molar refractivity (Wildman–Crippen MR) is 86.2 cm³/mol. The van der Waals surface area contributed by atoms with E-state index in [0.29, 0.717) is 29.7 Å². The van der Waals surface area contributed by atoms with Crippen LogP contribution in [0, 0.1) is 5.82 Å². The molecule has 3 N–H and O–H groups in total. The lowest BCUT2D eigenvalue weighted by molar-refractivity contribution is -0.119. The van der Waals surface area contributed by atoms with Gasteiger partial charge in [-0.3, -0.25) is 9.79 Å². The standard InChI is InChI=1S/C17H21F2N3O/c1-10(16(20)17(23)22-15-8-7-14(15)19)11(2)21-9-12-5-3-4-6-13(12)18/h3-6,14-15H,7-9,20H2,1-2H3,(H,22,23)/t14-,15-/m0/s1. The van der Waals surface area contributed by atoms with Crippen LogP contribution in [0.5, 0.6) is 0 Å². The van der Waals surface area contributed by atoms with Crippen molar-refractivity contribution in [1.29, 1.82) is 0 Å². The molecule has 0 aromatic heterocycles. The van der Waals surface area contributed by atoms with Crippen LogP contribution in [-0.4, -0.2) is 23.8 Å². The highest BCUT2D eigenvalue weighted by atomic mass is 19.1. The highest BCUT2D eigenvalue weighted by Gasteiger charge is 2.32. The van der Waals surface area contributed by atoms with Crippen molar-refractivity contribution in [2.75, 3.05) is 0 Å². The third-order valence-corrected chi connectivity index (χ3v) is 4.14. The molecule has 1 amide bonds. The maximum Gasteiger partial charge on any atom is 0.267 e. The minimum absolute atomic E-state index is 0.0129. The number of nitrogens with one attached hydrogen (secondary N) is 1. The number of nitrogens with zero attached hydrogens (tertiary/aromatic N) is 1. The van der Waals surface area contributed by atoms with Crippen LogP contribution in [0.15, 0.2) is 40.5 Å². The molecule has 0 aliphatic heterocycles. The number of benzene rings is 1. The van der Waals surface area contributed by atoms with E-state index in [9.17, 15) is 13.6 Å². The number of amides is 1. The Balaban J connectivity index is 2.04. The summed E-state index contributed by atoms with van der Waals surface area (Å²) in [5.74, 6) is -0.814. The number of nitrogens with two attached hydrogens (primary N) is 1. The molecule has 1 aromatic rings. The Morgan fingerprint density at radius 2 is 2.04 bits per heavy atom. The summed E-state index contributed by atoms with van der Waals surface area (Å²) in [7, 11) is 0. The van der Waals surface area contributed by atoms with Gasteiger partial charge in [-0.25, -0.2) is 8.78 Å². The quantitative estimate of drug-likeness (QED) is 0.647. The summed E-state index contributed by atoms with van der Waals surface area (Å²) in [6.07, 6.45) is 0.0962. The summed E-state index contributed by atoms with van der Waals surface area (Å²) in [4.78, 5) is 16.3. The van der Waals surface area contributed by atoms with E-state index < -0.39 is 18.1 Å². The van der Waals surface area contributed by atoms with E-state index in [1.54, 1.807) is 32.0 Å². The van der Waals surface area contributed by atoms with Crippen molar-refractivity contribution in [3.05, 3.63) is 46.9 Å². The summed E-state index contributed by atoms with van der Waals surface area (Å²) >= 11 is 0. The predicted octanol–water partition coefficient (Wildman–Crippen LogP) is 2.64. The van der Waals surface area contributed by atoms with Gasteiger partial charge < -0.3 is 11.1 Å². The van der Waals surface area contributed by atoms with Crippen molar-refractivity contribution < 1.29 is 13.6 Å². The lowest BCUT2D eigenvalue weighted by Gasteiger charge is -2.31. The molecule has 0 unspecified atom stereocenters. The van der Waals surface area contributed by atoms with E-state index in [-0.39, 0.29) is 18.1 Å². The Morgan fingerprint density at radius 3 is 2.61 bits per heavy atom. The van der Waals surface area contributed by atoms with E-state index in [4.69, 9.17) is 5.73 Å². The maximum atomic E-state index is 13.5. The Morgan fingerprint density at radius 1 is 1.35 bits per heavy atom. The molecule has 6 heteroatoms. The molecular weight excluding hydrogens is 300 g/mol. The monoisotopic (exact) mass is 321 g/mol. The number of aliphatic imine (C=N–C) groups is 1. The molecule has 23 heavy (non-hydrogen) atoms. The molecule has 1 fully saturated rings. The zero-order chi connectivity index (χ0) is 17.0. The van der Waals surface area contributed by atoms with Gasteiger partial charge in [0.15, 0.2) is 0 Å². The second kappa shape index (κ2) is 7.35. The topological polar surface area (TPSA) is 67.5 Å². The zero-order valence-corrected chi connectivity index (χ0v) is 13.3. The molecule has 1 saturated carbocycles. The van der Waals surface area contributed by atoms with Crippen LogP contribution < -0.4 is 11.1 Å². The van der Waals surface area contributed by atoms with Gasteiger partial charge in [0.25, 0.3) is 5.91 Å². The van der Waals surface area contributed by atoms with Gasteiger partial charge in [-0.2, -0.15) is 0 Å². The van der Waals surface area contributed by atoms with Crippen LogP contribution in [0.4, 0.5) is 8.78 Å². The van der Waals surface area contributed by atoms with Gasteiger partial charge in [-0.05, 0) is 38.3 Å². The average Bonchev–Trinajstić information content (AvgIpc) is 2.55. The van der Waals surface area contributed by atoms with Crippen LogP contribution >= 0.6 is 0 Å². The Bertz CT molecular complexity index is 655. The second-order valence-electron chi connectivity index (χ2n) is 5.71. The molecule has 4 nitrogen and oxygen atoms in total. The van der Waals surface area contributed by atoms with Crippen molar-refractivity contribution in [2.24, 2.45) is 10.7 Å². The summed E-state index contributed by atoms with van der Waals surface area (Å²) < 4.78 is 26.7. The molecule has 0 bridgehead atoms. The smallest absolute Gasteiger partial charge is 0.267 e. The van der Waals surface area contributed by atoms with Gasteiger partial charge in [0.2, 0.25) is 0 Å². The van der Waals surface area contributed by atoms with Crippen molar-refractivity contribution in [3.8, 4) is 0 Å². The number of hydrogen-bond acceptors (Lipinski definition) is 3. The summed E-state index contributed by atoms with van der Waals surface area (Å²) in [6.45, 7) is 3.54. The van der Waals surface area contributed by atoms with Crippen LogP contribution in [0.2, 0.25) is 0 Å². The summed E-state index contributed by atoms with van der Waals surface area (Å²) in [5, 5.41) is 2.57. The van der Waals surface area contributed by atoms with E-state index in [0.717, 1.165) is 0 Å². The van der Waals surface area contributed by atoms with Gasteiger partial charge in [0.05, 0.1) is 12.6 Å².